The Morgan fingerprint density at radius 1 is 1.30 bits per heavy atom. The normalized spacial score (nSPS) is 10.8. The molecule has 112 valence electrons. The van der Waals surface area contributed by atoms with Gasteiger partial charge in [-0.05, 0) is 38.3 Å². The molecule has 0 spiro atoms. The third-order valence-electron chi connectivity index (χ3n) is 2.56. The van der Waals surface area contributed by atoms with Crippen molar-refractivity contribution < 1.29 is 13.9 Å². The van der Waals surface area contributed by atoms with E-state index >= 15 is 0 Å². The van der Waals surface area contributed by atoms with Crippen LogP contribution in [-0.4, -0.2) is 18.7 Å². The van der Waals surface area contributed by atoms with Crippen LogP contribution in [0.15, 0.2) is 18.2 Å². The molecule has 0 heterocycles. The van der Waals surface area contributed by atoms with Crippen molar-refractivity contribution in [3.63, 3.8) is 0 Å². The van der Waals surface area contributed by atoms with E-state index in [1.807, 2.05) is 13.8 Å². The highest BCUT2D eigenvalue weighted by molar-refractivity contribution is 5.90. The minimum absolute atomic E-state index is 0.0509. The summed E-state index contributed by atoms with van der Waals surface area (Å²) in [6.07, 6.45) is 0.844. The van der Waals surface area contributed by atoms with E-state index in [2.05, 4.69) is 24.5 Å². The van der Waals surface area contributed by atoms with E-state index in [4.69, 9.17) is 4.74 Å². The van der Waals surface area contributed by atoms with Crippen LogP contribution in [-0.2, 0) is 0 Å². The number of hydrogen-bond donors (Lipinski definition) is 2. The maximum absolute atomic E-state index is 13.3. The Morgan fingerprint density at radius 2 is 2.00 bits per heavy atom. The van der Waals surface area contributed by atoms with Crippen molar-refractivity contribution in [2.24, 2.45) is 5.92 Å². The molecule has 0 atom stereocenters. The molecule has 2 N–H and O–H groups in total. The third-order valence-corrected chi connectivity index (χ3v) is 2.56. The number of amides is 2. The summed E-state index contributed by atoms with van der Waals surface area (Å²) in [5.74, 6) is 0.559. The Balaban J connectivity index is 2.65. The molecular formula is C15H23FN2O2. The molecule has 4 nitrogen and oxygen atoms in total. The number of carbonyl (C=O) groups is 1. The molecule has 0 unspecified atom stereocenters. The van der Waals surface area contributed by atoms with E-state index in [9.17, 15) is 9.18 Å². The van der Waals surface area contributed by atoms with E-state index in [0.29, 0.717) is 23.9 Å². The highest BCUT2D eigenvalue weighted by Gasteiger charge is 2.10. The number of ether oxygens (including phenoxy) is 1. The number of anilines is 1. The van der Waals surface area contributed by atoms with Crippen LogP contribution in [0, 0.1) is 11.7 Å². The van der Waals surface area contributed by atoms with Crippen molar-refractivity contribution in [2.45, 2.75) is 40.2 Å². The summed E-state index contributed by atoms with van der Waals surface area (Å²) in [7, 11) is 0. The van der Waals surface area contributed by atoms with Crippen LogP contribution in [0.1, 0.15) is 34.1 Å². The van der Waals surface area contributed by atoms with Gasteiger partial charge in [-0.2, -0.15) is 0 Å². The first kappa shape index (κ1) is 16.3. The lowest BCUT2D eigenvalue weighted by Crippen LogP contribution is -2.30. The molecule has 1 rings (SSSR count). The van der Waals surface area contributed by atoms with Crippen molar-refractivity contribution in [3.8, 4) is 5.75 Å². The molecule has 1 aromatic rings. The fourth-order valence-electron chi connectivity index (χ4n) is 1.60. The van der Waals surface area contributed by atoms with E-state index < -0.39 is 5.82 Å². The number of hydrogen-bond acceptors (Lipinski definition) is 2. The first-order valence-electron chi connectivity index (χ1n) is 6.89. The van der Waals surface area contributed by atoms with Crippen LogP contribution in [0.4, 0.5) is 14.9 Å². The first-order valence-corrected chi connectivity index (χ1v) is 6.89. The largest absolute Gasteiger partial charge is 0.489 e. The zero-order chi connectivity index (χ0) is 15.1. The summed E-state index contributed by atoms with van der Waals surface area (Å²) in [6.45, 7) is 8.49. The van der Waals surface area contributed by atoms with Crippen molar-refractivity contribution in [1.29, 1.82) is 0 Å². The number of benzene rings is 1. The van der Waals surface area contributed by atoms with E-state index in [-0.39, 0.29) is 12.1 Å². The first-order chi connectivity index (χ1) is 9.38. The molecule has 0 aliphatic rings. The Kier molecular flexibility index (Phi) is 6.28. The maximum Gasteiger partial charge on any atom is 0.319 e. The fourth-order valence-corrected chi connectivity index (χ4v) is 1.60. The molecule has 0 bridgehead atoms. The third kappa shape index (κ3) is 5.91. The van der Waals surface area contributed by atoms with Gasteiger partial charge in [0.2, 0.25) is 0 Å². The van der Waals surface area contributed by atoms with Crippen molar-refractivity contribution in [2.75, 3.05) is 11.9 Å². The average molecular weight is 282 g/mol. The Labute approximate surface area is 119 Å². The second kappa shape index (κ2) is 7.72. The SMILES string of the molecule is CC(C)CCNC(=O)Nc1cc(F)ccc1OC(C)C. The van der Waals surface area contributed by atoms with Gasteiger partial charge >= 0.3 is 6.03 Å². The Bertz CT molecular complexity index is 447. The van der Waals surface area contributed by atoms with Crippen molar-refractivity contribution in [1.82, 2.24) is 5.32 Å². The van der Waals surface area contributed by atoms with Gasteiger partial charge < -0.3 is 15.4 Å². The van der Waals surface area contributed by atoms with Crippen LogP contribution in [0.25, 0.3) is 0 Å². The lowest BCUT2D eigenvalue weighted by Gasteiger charge is -2.15. The van der Waals surface area contributed by atoms with E-state index in [1.54, 1.807) is 0 Å². The van der Waals surface area contributed by atoms with E-state index in [1.165, 1.54) is 18.2 Å². The second-order valence-electron chi connectivity index (χ2n) is 5.37. The molecule has 0 saturated carbocycles. The standard InChI is InChI=1S/C15H23FN2O2/c1-10(2)7-8-17-15(19)18-13-9-12(16)5-6-14(13)20-11(3)4/h5-6,9-11H,7-8H2,1-4H3,(H2,17,18,19). The summed E-state index contributed by atoms with van der Waals surface area (Å²) in [5.41, 5.74) is 0.334. The maximum atomic E-state index is 13.3. The molecule has 0 fully saturated rings. The van der Waals surface area contributed by atoms with Crippen LogP contribution in [0.5, 0.6) is 5.75 Å². The topological polar surface area (TPSA) is 50.4 Å². The quantitative estimate of drug-likeness (QED) is 0.834. The van der Waals surface area contributed by atoms with E-state index in [0.717, 1.165) is 6.42 Å². The van der Waals surface area contributed by atoms with Crippen LogP contribution < -0.4 is 15.4 Å². The molecule has 1 aromatic carbocycles. The number of rotatable bonds is 6. The van der Waals surface area contributed by atoms with Gasteiger partial charge in [-0.25, -0.2) is 9.18 Å². The van der Waals surface area contributed by atoms with Gasteiger partial charge in [-0.1, -0.05) is 13.8 Å². The predicted molar refractivity (Wildman–Crippen MR) is 78.6 cm³/mol. The van der Waals surface area contributed by atoms with Crippen molar-refractivity contribution in [3.05, 3.63) is 24.0 Å². The number of urea groups is 1. The summed E-state index contributed by atoms with van der Waals surface area (Å²) < 4.78 is 18.8. The molecular weight excluding hydrogens is 259 g/mol. The van der Waals surface area contributed by atoms with Gasteiger partial charge in [-0.15, -0.1) is 0 Å². The zero-order valence-electron chi connectivity index (χ0n) is 12.5. The van der Waals surface area contributed by atoms with Gasteiger partial charge in [-0.3, -0.25) is 0 Å². The van der Waals surface area contributed by atoms with Gasteiger partial charge in [0.15, 0.2) is 0 Å². The van der Waals surface area contributed by atoms with Gasteiger partial charge in [0.05, 0.1) is 11.8 Å². The molecule has 5 heteroatoms. The minimum Gasteiger partial charge on any atom is -0.489 e. The lowest BCUT2D eigenvalue weighted by atomic mass is 10.1. The van der Waals surface area contributed by atoms with Gasteiger partial charge in [0.1, 0.15) is 11.6 Å². The summed E-state index contributed by atoms with van der Waals surface area (Å²) in [4.78, 5) is 11.7. The molecule has 0 saturated heterocycles. The number of carbonyl (C=O) groups excluding carboxylic acids is 1. The smallest absolute Gasteiger partial charge is 0.319 e. The van der Waals surface area contributed by atoms with Gasteiger partial charge in [0, 0.05) is 12.6 Å². The summed E-state index contributed by atoms with van der Waals surface area (Å²) in [5, 5.41) is 5.35. The summed E-state index contributed by atoms with van der Waals surface area (Å²) in [6, 6.07) is 3.71. The number of nitrogens with one attached hydrogen (secondary N) is 2. The molecule has 0 radical (unpaired) electrons. The number of halogens is 1. The second-order valence-corrected chi connectivity index (χ2v) is 5.37. The van der Waals surface area contributed by atoms with Crippen LogP contribution in [0.2, 0.25) is 0 Å². The Hall–Kier alpha value is -1.78. The molecule has 0 aliphatic heterocycles. The Morgan fingerprint density at radius 3 is 2.60 bits per heavy atom. The molecule has 0 aromatic heterocycles. The molecule has 2 amide bonds. The zero-order valence-corrected chi connectivity index (χ0v) is 12.5. The van der Waals surface area contributed by atoms with Crippen LogP contribution >= 0.6 is 0 Å². The van der Waals surface area contributed by atoms with Crippen LogP contribution in [0.3, 0.4) is 0 Å². The van der Waals surface area contributed by atoms with Gasteiger partial charge in [0.25, 0.3) is 0 Å². The average Bonchev–Trinajstić information content (AvgIpc) is 2.31. The lowest BCUT2D eigenvalue weighted by molar-refractivity contribution is 0.241. The summed E-state index contributed by atoms with van der Waals surface area (Å²) >= 11 is 0. The van der Waals surface area contributed by atoms with Crippen molar-refractivity contribution >= 4 is 11.7 Å². The minimum atomic E-state index is -0.418. The molecule has 0 aliphatic carbocycles. The highest BCUT2D eigenvalue weighted by atomic mass is 19.1. The monoisotopic (exact) mass is 282 g/mol. The fraction of sp³-hybridized carbons (Fsp3) is 0.533. The highest BCUT2D eigenvalue weighted by Crippen LogP contribution is 2.26. The molecule has 20 heavy (non-hydrogen) atoms. The predicted octanol–water partition coefficient (Wildman–Crippen LogP) is 3.78.